The molecule has 0 radical (unpaired) electrons. The van der Waals surface area contributed by atoms with Crippen LogP contribution < -0.4 is 14.8 Å². The predicted octanol–water partition coefficient (Wildman–Crippen LogP) is 4.64. The van der Waals surface area contributed by atoms with Gasteiger partial charge in [0.25, 0.3) is 5.91 Å². The second-order valence-electron chi connectivity index (χ2n) is 5.54. The summed E-state index contributed by atoms with van der Waals surface area (Å²) in [4.78, 5) is 12.1. The Hall–Kier alpha value is -2.46. The standard InChI is InChI=1S/C20H22ClNO3/c1-4-6-15-9-10-18(19(11-15)24-3)25-13-20(23)22-14(2)16-7-5-8-17(21)12-16/h4-12,14H,13H2,1-3H3,(H,22,23). The van der Waals surface area contributed by atoms with Gasteiger partial charge in [-0.05, 0) is 49.2 Å². The topological polar surface area (TPSA) is 47.6 Å². The summed E-state index contributed by atoms with van der Waals surface area (Å²) in [5.41, 5.74) is 1.94. The second-order valence-corrected chi connectivity index (χ2v) is 5.98. The summed E-state index contributed by atoms with van der Waals surface area (Å²) < 4.78 is 10.9. The Morgan fingerprint density at radius 1 is 1.24 bits per heavy atom. The number of hydrogen-bond acceptors (Lipinski definition) is 3. The molecule has 1 atom stereocenters. The molecular weight excluding hydrogens is 338 g/mol. The van der Waals surface area contributed by atoms with Crippen LogP contribution >= 0.6 is 11.6 Å². The van der Waals surface area contributed by atoms with E-state index < -0.39 is 0 Å². The molecule has 0 bridgehead atoms. The Bertz CT molecular complexity index is 758. The molecule has 1 amide bonds. The van der Waals surface area contributed by atoms with Crippen LogP contribution in [-0.2, 0) is 4.79 Å². The van der Waals surface area contributed by atoms with Gasteiger partial charge in [0.05, 0.1) is 13.2 Å². The van der Waals surface area contributed by atoms with Crippen molar-refractivity contribution in [2.75, 3.05) is 13.7 Å². The molecule has 2 rings (SSSR count). The van der Waals surface area contributed by atoms with Gasteiger partial charge in [-0.1, -0.05) is 42.0 Å². The molecule has 5 heteroatoms. The van der Waals surface area contributed by atoms with Gasteiger partial charge in [-0.25, -0.2) is 0 Å². The predicted molar refractivity (Wildman–Crippen MR) is 101 cm³/mol. The number of amides is 1. The average molecular weight is 360 g/mol. The number of carbonyl (C=O) groups is 1. The van der Waals surface area contributed by atoms with Crippen molar-refractivity contribution >= 4 is 23.6 Å². The van der Waals surface area contributed by atoms with Crippen molar-refractivity contribution in [2.24, 2.45) is 0 Å². The second kappa shape index (κ2) is 9.14. The molecule has 0 fully saturated rings. The van der Waals surface area contributed by atoms with Crippen LogP contribution in [0.3, 0.4) is 0 Å². The van der Waals surface area contributed by atoms with Crippen molar-refractivity contribution in [3.63, 3.8) is 0 Å². The van der Waals surface area contributed by atoms with Crippen LogP contribution in [0.15, 0.2) is 48.5 Å². The van der Waals surface area contributed by atoms with Gasteiger partial charge in [-0.15, -0.1) is 0 Å². The molecule has 1 unspecified atom stereocenters. The monoisotopic (exact) mass is 359 g/mol. The zero-order valence-corrected chi connectivity index (χ0v) is 15.3. The molecule has 2 aromatic rings. The largest absolute Gasteiger partial charge is 0.493 e. The summed E-state index contributed by atoms with van der Waals surface area (Å²) in [6, 6.07) is 12.8. The first-order valence-electron chi connectivity index (χ1n) is 8.02. The van der Waals surface area contributed by atoms with E-state index in [1.165, 1.54) is 0 Å². The molecule has 0 aliphatic rings. The Kier molecular flexibility index (Phi) is 6.90. The lowest BCUT2D eigenvalue weighted by Gasteiger charge is -2.16. The summed E-state index contributed by atoms with van der Waals surface area (Å²) in [5.74, 6) is 0.902. The van der Waals surface area contributed by atoms with Crippen LogP contribution in [0.4, 0.5) is 0 Å². The molecule has 0 heterocycles. The molecule has 132 valence electrons. The van der Waals surface area contributed by atoms with E-state index in [0.29, 0.717) is 16.5 Å². The SMILES string of the molecule is CC=Cc1ccc(OCC(=O)NC(C)c2cccc(Cl)c2)c(OC)c1. The van der Waals surface area contributed by atoms with Crippen molar-refractivity contribution in [3.05, 3.63) is 64.7 Å². The molecule has 0 spiro atoms. The minimum atomic E-state index is -0.216. The Morgan fingerprint density at radius 3 is 2.72 bits per heavy atom. The molecule has 0 saturated carbocycles. The Morgan fingerprint density at radius 2 is 2.04 bits per heavy atom. The van der Waals surface area contributed by atoms with Gasteiger partial charge in [0, 0.05) is 5.02 Å². The molecule has 1 N–H and O–H groups in total. The first-order valence-corrected chi connectivity index (χ1v) is 8.39. The highest BCUT2D eigenvalue weighted by molar-refractivity contribution is 6.30. The van der Waals surface area contributed by atoms with E-state index in [-0.39, 0.29) is 18.6 Å². The number of carbonyl (C=O) groups excluding carboxylic acids is 1. The summed E-state index contributed by atoms with van der Waals surface area (Å²) >= 11 is 5.98. The van der Waals surface area contributed by atoms with E-state index in [0.717, 1.165) is 11.1 Å². The molecule has 0 aliphatic heterocycles. The fraction of sp³-hybridized carbons (Fsp3) is 0.250. The van der Waals surface area contributed by atoms with Crippen molar-refractivity contribution in [3.8, 4) is 11.5 Å². The smallest absolute Gasteiger partial charge is 0.258 e. The third-order valence-corrected chi connectivity index (χ3v) is 3.87. The minimum Gasteiger partial charge on any atom is -0.493 e. The van der Waals surface area contributed by atoms with E-state index in [9.17, 15) is 4.79 Å². The Labute approximate surface area is 153 Å². The number of benzene rings is 2. The third-order valence-electron chi connectivity index (χ3n) is 3.63. The van der Waals surface area contributed by atoms with E-state index in [1.54, 1.807) is 19.2 Å². The molecule has 4 nitrogen and oxygen atoms in total. The van der Waals surface area contributed by atoms with Gasteiger partial charge in [-0.2, -0.15) is 0 Å². The van der Waals surface area contributed by atoms with Gasteiger partial charge in [-0.3, -0.25) is 4.79 Å². The molecular formula is C20H22ClNO3. The third kappa shape index (κ3) is 5.54. The maximum Gasteiger partial charge on any atom is 0.258 e. The van der Waals surface area contributed by atoms with Crippen molar-refractivity contribution in [1.29, 1.82) is 0 Å². The lowest BCUT2D eigenvalue weighted by atomic mass is 10.1. The van der Waals surface area contributed by atoms with Crippen LogP contribution in [0.25, 0.3) is 6.08 Å². The number of rotatable bonds is 7. The number of methoxy groups -OCH3 is 1. The zero-order chi connectivity index (χ0) is 18.2. The van der Waals surface area contributed by atoms with E-state index in [1.807, 2.05) is 56.3 Å². The number of allylic oxidation sites excluding steroid dienone is 1. The highest BCUT2D eigenvalue weighted by Crippen LogP contribution is 2.28. The quantitative estimate of drug-likeness (QED) is 0.783. The summed E-state index contributed by atoms with van der Waals surface area (Å²) in [6.45, 7) is 3.75. The number of ether oxygens (including phenoxy) is 2. The molecule has 2 aromatic carbocycles. The van der Waals surface area contributed by atoms with E-state index in [2.05, 4.69) is 5.32 Å². The van der Waals surface area contributed by atoms with Crippen molar-refractivity contribution in [2.45, 2.75) is 19.9 Å². The molecule has 0 aliphatic carbocycles. The van der Waals surface area contributed by atoms with Crippen molar-refractivity contribution < 1.29 is 14.3 Å². The number of halogens is 1. The fourth-order valence-electron chi connectivity index (χ4n) is 2.39. The van der Waals surface area contributed by atoms with Crippen LogP contribution in [-0.4, -0.2) is 19.6 Å². The molecule has 0 saturated heterocycles. The van der Waals surface area contributed by atoms with Crippen LogP contribution in [0.1, 0.15) is 31.0 Å². The summed E-state index contributed by atoms with van der Waals surface area (Å²) in [5, 5.41) is 3.53. The van der Waals surface area contributed by atoms with Crippen LogP contribution in [0.2, 0.25) is 5.02 Å². The van der Waals surface area contributed by atoms with Gasteiger partial charge in [0.1, 0.15) is 0 Å². The van der Waals surface area contributed by atoms with Crippen LogP contribution in [0, 0.1) is 0 Å². The van der Waals surface area contributed by atoms with E-state index >= 15 is 0 Å². The maximum atomic E-state index is 12.1. The highest BCUT2D eigenvalue weighted by atomic mass is 35.5. The Balaban J connectivity index is 1.95. The van der Waals surface area contributed by atoms with Crippen molar-refractivity contribution in [1.82, 2.24) is 5.32 Å². The molecule has 0 aromatic heterocycles. The lowest BCUT2D eigenvalue weighted by molar-refractivity contribution is -0.123. The van der Waals surface area contributed by atoms with Gasteiger partial charge < -0.3 is 14.8 Å². The first-order chi connectivity index (χ1) is 12.0. The van der Waals surface area contributed by atoms with Gasteiger partial charge in [0.2, 0.25) is 0 Å². The average Bonchev–Trinajstić information content (AvgIpc) is 2.60. The number of hydrogen-bond donors (Lipinski definition) is 1. The first kappa shape index (κ1) is 18.9. The normalized spacial score (nSPS) is 12.0. The van der Waals surface area contributed by atoms with Gasteiger partial charge >= 0.3 is 0 Å². The molecule has 25 heavy (non-hydrogen) atoms. The summed E-state index contributed by atoms with van der Waals surface area (Å²) in [6.07, 6.45) is 3.91. The van der Waals surface area contributed by atoms with Gasteiger partial charge in [0.15, 0.2) is 18.1 Å². The highest BCUT2D eigenvalue weighted by Gasteiger charge is 2.12. The summed E-state index contributed by atoms with van der Waals surface area (Å²) in [7, 11) is 1.57. The van der Waals surface area contributed by atoms with Crippen LogP contribution in [0.5, 0.6) is 11.5 Å². The minimum absolute atomic E-state index is 0.0930. The number of nitrogens with one attached hydrogen (secondary N) is 1. The fourth-order valence-corrected chi connectivity index (χ4v) is 2.58. The lowest BCUT2D eigenvalue weighted by Crippen LogP contribution is -2.31. The maximum absolute atomic E-state index is 12.1. The zero-order valence-electron chi connectivity index (χ0n) is 14.6. The van der Waals surface area contributed by atoms with E-state index in [4.69, 9.17) is 21.1 Å².